The van der Waals surface area contributed by atoms with Crippen LogP contribution in [0.25, 0.3) is 0 Å². The van der Waals surface area contributed by atoms with Crippen LogP contribution in [-0.2, 0) is 21.8 Å². The predicted octanol–water partition coefficient (Wildman–Crippen LogP) is 4.24. The van der Waals surface area contributed by atoms with Gasteiger partial charge in [0.15, 0.2) is 0 Å². The van der Waals surface area contributed by atoms with Crippen LogP contribution in [0, 0.1) is 0 Å². The summed E-state index contributed by atoms with van der Waals surface area (Å²) in [6.45, 7) is 0. The summed E-state index contributed by atoms with van der Waals surface area (Å²) >= 11 is 7.54. The number of carbonyl (C=O) groups excluding carboxylic acids is 1. The Morgan fingerprint density at radius 2 is 2.04 bits per heavy atom. The van der Waals surface area contributed by atoms with Crippen molar-refractivity contribution in [1.29, 1.82) is 0 Å². The SMILES string of the molecule is COc1ccc(Cl)cc1CC(=O)Nc1cccc(CSCCC(=O)O)c1. The maximum atomic E-state index is 12.3. The number of hydrogen-bond acceptors (Lipinski definition) is 4. The lowest BCUT2D eigenvalue weighted by molar-refractivity contribution is -0.136. The highest BCUT2D eigenvalue weighted by Crippen LogP contribution is 2.24. The van der Waals surface area contributed by atoms with Crippen molar-refractivity contribution in [2.24, 2.45) is 0 Å². The van der Waals surface area contributed by atoms with E-state index >= 15 is 0 Å². The van der Waals surface area contributed by atoms with Gasteiger partial charge >= 0.3 is 5.97 Å². The van der Waals surface area contributed by atoms with Gasteiger partial charge in [-0.25, -0.2) is 0 Å². The van der Waals surface area contributed by atoms with Gasteiger partial charge in [-0.15, -0.1) is 0 Å². The Bertz CT molecular complexity index is 782. The summed E-state index contributed by atoms with van der Waals surface area (Å²) in [5.74, 6) is 0.906. The zero-order valence-corrected chi connectivity index (χ0v) is 15.9. The van der Waals surface area contributed by atoms with Crippen molar-refractivity contribution >= 4 is 40.9 Å². The predicted molar refractivity (Wildman–Crippen MR) is 105 cm³/mol. The van der Waals surface area contributed by atoms with Gasteiger partial charge in [0.05, 0.1) is 20.0 Å². The molecule has 0 saturated heterocycles. The van der Waals surface area contributed by atoms with Crippen LogP contribution < -0.4 is 10.1 Å². The summed E-state index contributed by atoms with van der Waals surface area (Å²) in [5, 5.41) is 12.1. The van der Waals surface area contributed by atoms with Crippen LogP contribution >= 0.6 is 23.4 Å². The standard InChI is InChI=1S/C19H20ClNO4S/c1-25-17-6-5-15(20)10-14(17)11-18(22)21-16-4-2-3-13(9-16)12-26-8-7-19(23)24/h2-6,9-10H,7-8,11-12H2,1H3,(H,21,22)(H,23,24). The Kier molecular flexibility index (Phi) is 7.81. The third-order valence-electron chi connectivity index (χ3n) is 3.53. The molecule has 138 valence electrons. The largest absolute Gasteiger partial charge is 0.496 e. The van der Waals surface area contributed by atoms with Crippen LogP contribution in [-0.4, -0.2) is 29.8 Å². The molecule has 0 atom stereocenters. The van der Waals surface area contributed by atoms with Crippen LogP contribution in [0.5, 0.6) is 5.75 Å². The lowest BCUT2D eigenvalue weighted by Gasteiger charge is -2.10. The molecule has 26 heavy (non-hydrogen) atoms. The number of hydrogen-bond donors (Lipinski definition) is 2. The zero-order chi connectivity index (χ0) is 18.9. The molecule has 0 saturated carbocycles. The average molecular weight is 394 g/mol. The molecule has 2 aromatic carbocycles. The molecule has 0 bridgehead atoms. The highest BCUT2D eigenvalue weighted by Gasteiger charge is 2.10. The first kappa shape index (κ1) is 20.1. The van der Waals surface area contributed by atoms with E-state index in [9.17, 15) is 9.59 Å². The van der Waals surface area contributed by atoms with Crippen LogP contribution in [0.2, 0.25) is 5.02 Å². The number of halogens is 1. The molecular formula is C19H20ClNO4S. The molecule has 1 amide bonds. The number of thioether (sulfide) groups is 1. The molecule has 0 aliphatic carbocycles. The van der Waals surface area contributed by atoms with E-state index < -0.39 is 5.97 Å². The van der Waals surface area contributed by atoms with Gasteiger partial charge in [-0.3, -0.25) is 9.59 Å². The second kappa shape index (κ2) is 10.1. The minimum absolute atomic E-state index is 0.141. The number of nitrogens with one attached hydrogen (secondary N) is 1. The second-order valence-electron chi connectivity index (χ2n) is 5.58. The molecule has 7 heteroatoms. The molecule has 0 aliphatic rings. The van der Waals surface area contributed by atoms with Crippen LogP contribution in [0.1, 0.15) is 17.5 Å². The minimum atomic E-state index is -0.796. The summed E-state index contributed by atoms with van der Waals surface area (Å²) in [6, 6.07) is 12.7. The molecule has 5 nitrogen and oxygen atoms in total. The van der Waals surface area contributed by atoms with Crippen LogP contribution in [0.15, 0.2) is 42.5 Å². The smallest absolute Gasteiger partial charge is 0.304 e. The first-order valence-corrected chi connectivity index (χ1v) is 9.52. The number of carboxylic acids is 1. The molecule has 0 fully saturated rings. The van der Waals surface area contributed by atoms with Crippen LogP contribution in [0.3, 0.4) is 0 Å². The highest BCUT2D eigenvalue weighted by molar-refractivity contribution is 7.98. The van der Waals surface area contributed by atoms with Crippen LogP contribution in [0.4, 0.5) is 5.69 Å². The number of carbonyl (C=O) groups is 2. The fourth-order valence-corrected chi connectivity index (χ4v) is 3.43. The molecule has 2 N–H and O–H groups in total. The fraction of sp³-hybridized carbons (Fsp3) is 0.263. The summed E-state index contributed by atoms with van der Waals surface area (Å²) in [5.41, 5.74) is 2.45. The van der Waals surface area contributed by atoms with Gasteiger partial charge in [0.2, 0.25) is 5.91 Å². The van der Waals surface area contributed by atoms with E-state index in [-0.39, 0.29) is 18.7 Å². The fourth-order valence-electron chi connectivity index (χ4n) is 2.35. The number of aliphatic carboxylic acids is 1. The third-order valence-corrected chi connectivity index (χ3v) is 4.80. The van der Waals surface area contributed by atoms with Gasteiger partial charge in [0, 0.05) is 27.8 Å². The van der Waals surface area contributed by atoms with Crippen molar-refractivity contribution in [2.45, 2.75) is 18.6 Å². The Balaban J connectivity index is 1.94. The van der Waals surface area contributed by atoms with Gasteiger partial charge in [-0.1, -0.05) is 23.7 Å². The second-order valence-corrected chi connectivity index (χ2v) is 7.12. The number of benzene rings is 2. The number of anilines is 1. The number of carboxylic acid groups (broad SMARTS) is 1. The number of rotatable bonds is 9. The maximum absolute atomic E-state index is 12.3. The summed E-state index contributed by atoms with van der Waals surface area (Å²) in [6.07, 6.45) is 0.296. The molecular weight excluding hydrogens is 374 g/mol. The Morgan fingerprint density at radius 1 is 1.23 bits per heavy atom. The summed E-state index contributed by atoms with van der Waals surface area (Å²) < 4.78 is 5.26. The number of ether oxygens (including phenoxy) is 1. The van der Waals surface area contributed by atoms with E-state index in [0.29, 0.717) is 28.0 Å². The molecule has 0 radical (unpaired) electrons. The number of amides is 1. The quantitative estimate of drug-likeness (QED) is 0.623. The third kappa shape index (κ3) is 6.61. The van der Waals surface area contributed by atoms with Gasteiger partial charge in [0.1, 0.15) is 5.75 Å². The average Bonchev–Trinajstić information content (AvgIpc) is 2.59. The van der Waals surface area contributed by atoms with E-state index in [4.69, 9.17) is 21.4 Å². The van der Waals surface area contributed by atoms with Gasteiger partial charge in [0.25, 0.3) is 0 Å². The van der Waals surface area contributed by atoms with Gasteiger partial charge in [-0.05, 0) is 35.9 Å². The molecule has 0 heterocycles. The zero-order valence-electron chi connectivity index (χ0n) is 14.3. The normalized spacial score (nSPS) is 10.4. The van der Waals surface area contributed by atoms with E-state index in [1.54, 1.807) is 37.1 Å². The molecule has 0 unspecified atom stereocenters. The van der Waals surface area contributed by atoms with Crippen molar-refractivity contribution < 1.29 is 19.4 Å². The monoisotopic (exact) mass is 393 g/mol. The first-order chi connectivity index (χ1) is 12.5. The topological polar surface area (TPSA) is 75.6 Å². The van der Waals surface area contributed by atoms with Crippen molar-refractivity contribution in [3.8, 4) is 5.75 Å². The number of methoxy groups -OCH3 is 1. The molecule has 2 rings (SSSR count). The molecule has 0 aliphatic heterocycles. The summed E-state index contributed by atoms with van der Waals surface area (Å²) in [7, 11) is 1.55. The Morgan fingerprint density at radius 3 is 2.77 bits per heavy atom. The van der Waals surface area contributed by atoms with Crippen molar-refractivity contribution in [3.05, 3.63) is 58.6 Å². The molecule has 2 aromatic rings. The van der Waals surface area contributed by atoms with E-state index in [2.05, 4.69) is 5.32 Å². The lowest BCUT2D eigenvalue weighted by atomic mass is 10.1. The van der Waals surface area contributed by atoms with Crippen molar-refractivity contribution in [2.75, 3.05) is 18.2 Å². The molecule has 0 spiro atoms. The Hall–Kier alpha value is -2.18. The van der Waals surface area contributed by atoms with E-state index in [1.165, 1.54) is 0 Å². The summed E-state index contributed by atoms with van der Waals surface area (Å²) in [4.78, 5) is 22.9. The highest BCUT2D eigenvalue weighted by atomic mass is 35.5. The van der Waals surface area contributed by atoms with Gasteiger partial charge < -0.3 is 15.2 Å². The Labute approximate surface area is 161 Å². The van der Waals surface area contributed by atoms with Crippen molar-refractivity contribution in [1.82, 2.24) is 0 Å². The van der Waals surface area contributed by atoms with Crippen molar-refractivity contribution in [3.63, 3.8) is 0 Å². The lowest BCUT2D eigenvalue weighted by Crippen LogP contribution is -2.15. The minimum Gasteiger partial charge on any atom is -0.496 e. The molecule has 0 aromatic heterocycles. The van der Waals surface area contributed by atoms with E-state index in [1.807, 2.05) is 24.3 Å². The maximum Gasteiger partial charge on any atom is 0.304 e. The first-order valence-electron chi connectivity index (χ1n) is 7.98. The van der Waals surface area contributed by atoms with E-state index in [0.717, 1.165) is 11.1 Å². The van der Waals surface area contributed by atoms with Gasteiger partial charge in [-0.2, -0.15) is 11.8 Å².